The van der Waals surface area contributed by atoms with Crippen LogP contribution in [0.4, 0.5) is 11.4 Å². The number of anilines is 2. The van der Waals surface area contributed by atoms with E-state index in [2.05, 4.69) is 10.6 Å². The summed E-state index contributed by atoms with van der Waals surface area (Å²) < 4.78 is 0. The van der Waals surface area contributed by atoms with Crippen molar-refractivity contribution in [1.82, 2.24) is 4.90 Å². The van der Waals surface area contributed by atoms with Gasteiger partial charge in [-0.05, 0) is 73.9 Å². The highest BCUT2D eigenvalue weighted by Gasteiger charge is 2.17. The van der Waals surface area contributed by atoms with Crippen LogP contribution in [-0.2, 0) is 0 Å². The SMILES string of the molecule is O=C(c1ccc(NC(=S)Nc2cc(Cl)ccc2Cl)cc1)N1CCCCC1. The van der Waals surface area contributed by atoms with Crippen molar-refractivity contribution in [3.63, 3.8) is 0 Å². The molecule has 2 N–H and O–H groups in total. The molecule has 1 fully saturated rings. The minimum atomic E-state index is 0.0858. The maximum absolute atomic E-state index is 12.5. The van der Waals surface area contributed by atoms with Gasteiger partial charge in [0.05, 0.1) is 10.7 Å². The molecule has 1 heterocycles. The van der Waals surface area contributed by atoms with Gasteiger partial charge in [0.25, 0.3) is 5.91 Å². The number of hydrogen-bond donors (Lipinski definition) is 2. The number of halogens is 2. The van der Waals surface area contributed by atoms with Crippen LogP contribution in [-0.4, -0.2) is 29.0 Å². The molecule has 3 rings (SSSR count). The first kappa shape index (κ1) is 19.0. The van der Waals surface area contributed by atoms with Gasteiger partial charge in [0.1, 0.15) is 0 Å². The van der Waals surface area contributed by atoms with Crippen LogP contribution in [0.25, 0.3) is 0 Å². The second-order valence-corrected chi connectivity index (χ2v) is 7.39. The Kier molecular flexibility index (Phi) is 6.35. The number of benzene rings is 2. The van der Waals surface area contributed by atoms with Crippen LogP contribution in [0.3, 0.4) is 0 Å². The molecule has 1 amide bonds. The normalized spacial score (nSPS) is 14.0. The quantitative estimate of drug-likeness (QED) is 0.665. The zero-order chi connectivity index (χ0) is 18.5. The van der Waals surface area contributed by atoms with E-state index in [0.717, 1.165) is 31.6 Å². The van der Waals surface area contributed by atoms with Crippen LogP contribution in [0.15, 0.2) is 42.5 Å². The second-order valence-electron chi connectivity index (χ2n) is 6.13. The number of piperidine rings is 1. The summed E-state index contributed by atoms with van der Waals surface area (Å²) in [6, 6.07) is 12.4. The Balaban J connectivity index is 1.60. The van der Waals surface area contributed by atoms with Crippen molar-refractivity contribution in [3.05, 3.63) is 58.1 Å². The fourth-order valence-electron chi connectivity index (χ4n) is 2.85. The van der Waals surface area contributed by atoms with Crippen LogP contribution in [0.1, 0.15) is 29.6 Å². The second kappa shape index (κ2) is 8.71. The lowest BCUT2D eigenvalue weighted by molar-refractivity contribution is 0.0724. The highest BCUT2D eigenvalue weighted by molar-refractivity contribution is 7.80. The summed E-state index contributed by atoms with van der Waals surface area (Å²) in [6.45, 7) is 1.68. The summed E-state index contributed by atoms with van der Waals surface area (Å²) in [5.41, 5.74) is 2.11. The first-order valence-corrected chi connectivity index (χ1v) is 9.62. The maximum atomic E-state index is 12.5. The van der Waals surface area contributed by atoms with Crippen LogP contribution >= 0.6 is 35.4 Å². The molecule has 0 aliphatic carbocycles. The molecule has 1 aliphatic heterocycles. The van der Waals surface area contributed by atoms with E-state index >= 15 is 0 Å². The largest absolute Gasteiger partial charge is 0.339 e. The van der Waals surface area contributed by atoms with E-state index < -0.39 is 0 Å². The summed E-state index contributed by atoms with van der Waals surface area (Å²) in [5, 5.41) is 7.59. The molecule has 0 bridgehead atoms. The molecular weight excluding hydrogens is 389 g/mol. The molecule has 4 nitrogen and oxygen atoms in total. The number of nitrogens with zero attached hydrogens (tertiary/aromatic N) is 1. The number of carbonyl (C=O) groups is 1. The van der Waals surface area contributed by atoms with Crippen molar-refractivity contribution in [2.24, 2.45) is 0 Å². The third-order valence-corrected chi connectivity index (χ3v) is 4.98. The fraction of sp³-hybridized carbons (Fsp3) is 0.263. The van der Waals surface area contributed by atoms with Crippen LogP contribution in [0, 0.1) is 0 Å². The van der Waals surface area contributed by atoms with Crippen molar-refractivity contribution in [3.8, 4) is 0 Å². The van der Waals surface area contributed by atoms with Gasteiger partial charge < -0.3 is 15.5 Å². The number of thiocarbonyl (C=S) groups is 1. The zero-order valence-electron chi connectivity index (χ0n) is 14.1. The van der Waals surface area contributed by atoms with Crippen molar-refractivity contribution >= 4 is 57.8 Å². The van der Waals surface area contributed by atoms with Gasteiger partial charge in [-0.1, -0.05) is 23.2 Å². The van der Waals surface area contributed by atoms with E-state index in [4.69, 9.17) is 35.4 Å². The van der Waals surface area contributed by atoms with Crippen LogP contribution in [0.2, 0.25) is 10.0 Å². The van der Waals surface area contributed by atoms with Gasteiger partial charge in [-0.25, -0.2) is 0 Å². The fourth-order valence-corrected chi connectivity index (χ4v) is 3.42. The molecule has 0 unspecified atom stereocenters. The Labute approximate surface area is 168 Å². The van der Waals surface area contributed by atoms with Gasteiger partial charge in [0, 0.05) is 29.4 Å². The molecule has 0 radical (unpaired) electrons. The molecular formula is C19H19Cl2N3OS. The minimum Gasteiger partial charge on any atom is -0.339 e. The monoisotopic (exact) mass is 407 g/mol. The smallest absolute Gasteiger partial charge is 0.253 e. The lowest BCUT2D eigenvalue weighted by Gasteiger charge is -2.26. The lowest BCUT2D eigenvalue weighted by atomic mass is 10.1. The summed E-state index contributed by atoms with van der Waals surface area (Å²) in [4.78, 5) is 14.4. The molecule has 2 aromatic carbocycles. The summed E-state index contributed by atoms with van der Waals surface area (Å²) >= 11 is 17.4. The number of likely N-dealkylation sites (tertiary alicyclic amines) is 1. The molecule has 26 heavy (non-hydrogen) atoms. The highest BCUT2D eigenvalue weighted by atomic mass is 35.5. The van der Waals surface area contributed by atoms with Gasteiger partial charge in [-0.15, -0.1) is 0 Å². The minimum absolute atomic E-state index is 0.0858. The molecule has 7 heteroatoms. The van der Waals surface area contributed by atoms with E-state index in [0.29, 0.717) is 26.4 Å². The predicted molar refractivity (Wildman–Crippen MR) is 113 cm³/mol. The van der Waals surface area contributed by atoms with Crippen molar-refractivity contribution in [2.45, 2.75) is 19.3 Å². The Morgan fingerprint density at radius 1 is 0.962 bits per heavy atom. The van der Waals surface area contributed by atoms with Gasteiger partial charge >= 0.3 is 0 Å². The predicted octanol–water partition coefficient (Wildman–Crippen LogP) is 5.43. The molecule has 1 aliphatic rings. The summed E-state index contributed by atoms with van der Waals surface area (Å²) in [7, 11) is 0. The average molecular weight is 408 g/mol. The van der Waals surface area contributed by atoms with Gasteiger partial charge in [-0.3, -0.25) is 4.79 Å². The van der Waals surface area contributed by atoms with Crippen LogP contribution < -0.4 is 10.6 Å². The van der Waals surface area contributed by atoms with Crippen LogP contribution in [0.5, 0.6) is 0 Å². The van der Waals surface area contributed by atoms with Crippen molar-refractivity contribution < 1.29 is 4.79 Å². The van der Waals surface area contributed by atoms with Crippen molar-refractivity contribution in [2.75, 3.05) is 23.7 Å². The van der Waals surface area contributed by atoms with Gasteiger partial charge in [0.2, 0.25) is 0 Å². The summed E-state index contributed by atoms with van der Waals surface area (Å²) in [5.74, 6) is 0.0858. The van der Waals surface area contributed by atoms with E-state index in [1.807, 2.05) is 29.2 Å². The number of rotatable bonds is 3. The molecule has 0 spiro atoms. The van der Waals surface area contributed by atoms with E-state index in [1.54, 1.807) is 18.2 Å². The standard InChI is InChI=1S/C19H19Cl2N3OS/c20-14-6-9-16(21)17(12-14)23-19(26)22-15-7-4-13(5-8-15)18(25)24-10-2-1-3-11-24/h4-9,12H,1-3,10-11H2,(H2,22,23,26). The summed E-state index contributed by atoms with van der Waals surface area (Å²) in [6.07, 6.45) is 3.36. The van der Waals surface area contributed by atoms with E-state index in [9.17, 15) is 4.79 Å². The third-order valence-electron chi connectivity index (χ3n) is 4.21. The topological polar surface area (TPSA) is 44.4 Å². The highest BCUT2D eigenvalue weighted by Crippen LogP contribution is 2.25. The molecule has 0 atom stereocenters. The Bertz CT molecular complexity index is 805. The zero-order valence-corrected chi connectivity index (χ0v) is 16.4. The third kappa shape index (κ3) is 4.87. The molecule has 136 valence electrons. The molecule has 0 saturated carbocycles. The number of carbonyl (C=O) groups excluding carboxylic acids is 1. The molecule has 2 aromatic rings. The Morgan fingerprint density at radius 3 is 2.35 bits per heavy atom. The Hall–Kier alpha value is -1.82. The lowest BCUT2D eigenvalue weighted by Crippen LogP contribution is -2.35. The maximum Gasteiger partial charge on any atom is 0.253 e. The average Bonchev–Trinajstić information content (AvgIpc) is 2.65. The van der Waals surface area contributed by atoms with E-state index in [1.165, 1.54) is 6.42 Å². The number of hydrogen-bond acceptors (Lipinski definition) is 2. The molecule has 1 saturated heterocycles. The number of nitrogens with one attached hydrogen (secondary N) is 2. The first-order valence-electron chi connectivity index (χ1n) is 8.45. The first-order chi connectivity index (χ1) is 12.5. The Morgan fingerprint density at radius 2 is 1.65 bits per heavy atom. The van der Waals surface area contributed by atoms with Crippen molar-refractivity contribution in [1.29, 1.82) is 0 Å². The number of amides is 1. The van der Waals surface area contributed by atoms with Gasteiger partial charge in [0.15, 0.2) is 5.11 Å². The van der Waals surface area contributed by atoms with Gasteiger partial charge in [-0.2, -0.15) is 0 Å². The van der Waals surface area contributed by atoms with E-state index in [-0.39, 0.29) is 5.91 Å². The molecule has 0 aromatic heterocycles.